The van der Waals surface area contributed by atoms with Gasteiger partial charge in [-0.1, -0.05) is 41.1 Å². The molecule has 0 spiro atoms. The third-order valence-electron chi connectivity index (χ3n) is 4.41. The fraction of sp³-hybridized carbons (Fsp3) is 0.227. The summed E-state index contributed by atoms with van der Waals surface area (Å²) in [7, 11) is 3.91. The first-order valence-corrected chi connectivity index (χ1v) is 10.9. The van der Waals surface area contributed by atoms with E-state index in [-0.39, 0.29) is 11.8 Å². The lowest BCUT2D eigenvalue weighted by Crippen LogP contribution is -2.31. The van der Waals surface area contributed by atoms with Gasteiger partial charge in [0.25, 0.3) is 11.8 Å². The van der Waals surface area contributed by atoms with Crippen molar-refractivity contribution in [2.75, 3.05) is 37.8 Å². The molecule has 7 nitrogen and oxygen atoms in total. The molecule has 3 aromatic rings. The van der Waals surface area contributed by atoms with Gasteiger partial charge in [-0.3, -0.25) is 9.59 Å². The summed E-state index contributed by atoms with van der Waals surface area (Å²) < 4.78 is 0. The van der Waals surface area contributed by atoms with Crippen LogP contribution in [0.4, 0.5) is 16.5 Å². The molecular weight excluding hydrogens is 434 g/mol. The van der Waals surface area contributed by atoms with Gasteiger partial charge in [-0.25, -0.2) is 4.98 Å². The van der Waals surface area contributed by atoms with E-state index in [9.17, 15) is 9.59 Å². The number of nitrogens with one attached hydrogen (secondary N) is 3. The van der Waals surface area contributed by atoms with E-state index in [1.807, 2.05) is 44.1 Å². The molecule has 0 saturated carbocycles. The molecule has 9 heteroatoms. The predicted octanol–water partition coefficient (Wildman–Crippen LogP) is 4.39. The number of rotatable bonds is 8. The first-order valence-electron chi connectivity index (χ1n) is 9.66. The van der Waals surface area contributed by atoms with Gasteiger partial charge in [-0.15, -0.1) is 0 Å². The van der Waals surface area contributed by atoms with E-state index in [0.717, 1.165) is 12.1 Å². The SMILES string of the molecule is Cc1cccc(Cl)c1NC(=O)c1cnc(Nc2cccc(C(=O)NCCN(C)C)c2)s1. The zero-order chi connectivity index (χ0) is 22.4. The average Bonchev–Trinajstić information content (AvgIpc) is 3.19. The van der Waals surface area contributed by atoms with Crippen LogP contribution in [-0.2, 0) is 0 Å². The lowest BCUT2D eigenvalue weighted by molar-refractivity contribution is 0.0950. The summed E-state index contributed by atoms with van der Waals surface area (Å²) in [5.41, 5.74) is 2.73. The van der Waals surface area contributed by atoms with Crippen molar-refractivity contribution in [2.45, 2.75) is 6.92 Å². The molecule has 0 aliphatic carbocycles. The van der Waals surface area contributed by atoms with Crippen LogP contribution in [0.2, 0.25) is 5.02 Å². The number of halogens is 1. The number of carbonyl (C=O) groups excluding carboxylic acids is 2. The highest BCUT2D eigenvalue weighted by molar-refractivity contribution is 7.17. The topological polar surface area (TPSA) is 86.4 Å². The average molecular weight is 458 g/mol. The lowest BCUT2D eigenvalue weighted by Gasteiger charge is -2.11. The quantitative estimate of drug-likeness (QED) is 0.467. The first kappa shape index (κ1) is 22.7. The van der Waals surface area contributed by atoms with Gasteiger partial charge >= 0.3 is 0 Å². The molecule has 31 heavy (non-hydrogen) atoms. The van der Waals surface area contributed by atoms with Gasteiger partial charge in [0, 0.05) is 24.3 Å². The van der Waals surface area contributed by atoms with Crippen LogP contribution in [0.5, 0.6) is 0 Å². The molecule has 2 amide bonds. The third-order valence-corrected chi connectivity index (χ3v) is 5.64. The number of nitrogens with zero attached hydrogens (tertiary/aromatic N) is 2. The molecule has 1 heterocycles. The van der Waals surface area contributed by atoms with Crippen molar-refractivity contribution in [1.82, 2.24) is 15.2 Å². The molecule has 0 radical (unpaired) electrons. The summed E-state index contributed by atoms with van der Waals surface area (Å²) in [6, 6.07) is 12.6. The summed E-state index contributed by atoms with van der Waals surface area (Å²) >= 11 is 7.40. The predicted molar refractivity (Wildman–Crippen MR) is 127 cm³/mol. The zero-order valence-electron chi connectivity index (χ0n) is 17.5. The molecule has 0 aliphatic rings. The molecule has 0 bridgehead atoms. The Morgan fingerprint density at radius 2 is 1.90 bits per heavy atom. The smallest absolute Gasteiger partial charge is 0.267 e. The van der Waals surface area contributed by atoms with Gasteiger partial charge in [0.1, 0.15) is 4.88 Å². The van der Waals surface area contributed by atoms with E-state index in [1.165, 1.54) is 17.5 Å². The second-order valence-corrected chi connectivity index (χ2v) is 8.62. The normalized spacial score (nSPS) is 10.7. The van der Waals surface area contributed by atoms with Crippen molar-refractivity contribution in [1.29, 1.82) is 0 Å². The Morgan fingerprint density at radius 3 is 2.65 bits per heavy atom. The number of likely N-dealkylation sites (N-methyl/N-ethyl adjacent to an activating group) is 1. The Balaban J connectivity index is 1.64. The van der Waals surface area contributed by atoms with Crippen molar-refractivity contribution in [2.24, 2.45) is 0 Å². The molecule has 3 rings (SSSR count). The maximum atomic E-state index is 12.6. The van der Waals surface area contributed by atoms with E-state index < -0.39 is 0 Å². The maximum absolute atomic E-state index is 12.6. The molecule has 0 unspecified atom stereocenters. The third kappa shape index (κ3) is 6.27. The van der Waals surface area contributed by atoms with Crippen LogP contribution < -0.4 is 16.0 Å². The summed E-state index contributed by atoms with van der Waals surface area (Å²) in [6.45, 7) is 3.21. The van der Waals surface area contributed by atoms with Gasteiger partial charge in [0.05, 0.1) is 16.9 Å². The Hall–Kier alpha value is -2.94. The standard InChI is InChI=1S/C22H24ClN5O2S/c1-14-6-4-9-17(23)19(14)27-21(30)18-13-25-22(31-18)26-16-8-5-7-15(12-16)20(29)24-10-11-28(2)3/h4-9,12-13H,10-11H2,1-3H3,(H,24,29)(H,25,26)(H,27,30). The van der Waals surface area contributed by atoms with Crippen LogP contribution in [0.1, 0.15) is 25.6 Å². The van der Waals surface area contributed by atoms with E-state index in [4.69, 9.17) is 11.6 Å². The summed E-state index contributed by atoms with van der Waals surface area (Å²) in [4.78, 5) is 31.6. The molecule has 162 valence electrons. The molecule has 2 aromatic carbocycles. The van der Waals surface area contributed by atoms with Gasteiger partial charge in [0.15, 0.2) is 5.13 Å². The molecule has 1 aromatic heterocycles. The van der Waals surface area contributed by atoms with Crippen molar-refractivity contribution in [3.05, 3.63) is 69.7 Å². The molecule has 0 atom stereocenters. The molecule has 0 aliphatic heterocycles. The number of thiazole rings is 1. The zero-order valence-corrected chi connectivity index (χ0v) is 19.1. The Labute approximate surface area is 190 Å². The molecular formula is C22H24ClN5O2S. The Kier molecular flexibility index (Phi) is 7.62. The minimum atomic E-state index is -0.282. The van der Waals surface area contributed by atoms with Crippen LogP contribution in [0.15, 0.2) is 48.7 Å². The van der Waals surface area contributed by atoms with E-state index in [0.29, 0.717) is 38.5 Å². The second-order valence-electron chi connectivity index (χ2n) is 7.18. The van der Waals surface area contributed by atoms with Gasteiger partial charge in [-0.2, -0.15) is 0 Å². The summed E-state index contributed by atoms with van der Waals surface area (Å²) in [6.07, 6.45) is 1.51. The van der Waals surface area contributed by atoms with Crippen LogP contribution in [-0.4, -0.2) is 48.9 Å². The van der Waals surface area contributed by atoms with Crippen molar-refractivity contribution in [3.8, 4) is 0 Å². The number of carbonyl (C=O) groups is 2. The number of hydrogen-bond donors (Lipinski definition) is 3. The number of aryl methyl sites for hydroxylation is 1. The van der Waals surface area contributed by atoms with Crippen LogP contribution in [0.25, 0.3) is 0 Å². The van der Waals surface area contributed by atoms with Gasteiger partial charge in [-0.05, 0) is 50.8 Å². The summed E-state index contributed by atoms with van der Waals surface area (Å²) in [5.74, 6) is -0.421. The lowest BCUT2D eigenvalue weighted by atomic mass is 10.2. The Bertz CT molecular complexity index is 1060. The van der Waals surface area contributed by atoms with E-state index in [2.05, 4.69) is 20.9 Å². The highest BCUT2D eigenvalue weighted by Gasteiger charge is 2.14. The fourth-order valence-electron chi connectivity index (χ4n) is 2.76. The number of benzene rings is 2. The number of aromatic nitrogens is 1. The summed E-state index contributed by atoms with van der Waals surface area (Å²) in [5, 5.41) is 9.91. The highest BCUT2D eigenvalue weighted by Crippen LogP contribution is 2.28. The Morgan fingerprint density at radius 1 is 1.13 bits per heavy atom. The van der Waals surface area contributed by atoms with E-state index in [1.54, 1.807) is 24.3 Å². The second kappa shape index (κ2) is 10.4. The van der Waals surface area contributed by atoms with Crippen LogP contribution in [0.3, 0.4) is 0 Å². The highest BCUT2D eigenvalue weighted by atomic mass is 35.5. The minimum Gasteiger partial charge on any atom is -0.351 e. The minimum absolute atomic E-state index is 0.139. The van der Waals surface area contributed by atoms with Crippen molar-refractivity contribution >= 4 is 51.3 Å². The number of hydrogen-bond acceptors (Lipinski definition) is 6. The molecule has 3 N–H and O–H groups in total. The number of amides is 2. The fourth-order valence-corrected chi connectivity index (χ4v) is 3.76. The molecule has 0 saturated heterocycles. The van der Waals surface area contributed by atoms with Crippen LogP contribution in [0, 0.1) is 6.92 Å². The first-order chi connectivity index (χ1) is 14.8. The molecule has 0 fully saturated rings. The van der Waals surface area contributed by atoms with Crippen LogP contribution >= 0.6 is 22.9 Å². The number of para-hydroxylation sites is 1. The van der Waals surface area contributed by atoms with Crippen molar-refractivity contribution in [3.63, 3.8) is 0 Å². The van der Waals surface area contributed by atoms with Gasteiger partial charge in [0.2, 0.25) is 0 Å². The monoisotopic (exact) mass is 457 g/mol. The maximum Gasteiger partial charge on any atom is 0.267 e. The largest absolute Gasteiger partial charge is 0.351 e. The van der Waals surface area contributed by atoms with Crippen molar-refractivity contribution < 1.29 is 9.59 Å². The number of anilines is 3. The van der Waals surface area contributed by atoms with Gasteiger partial charge < -0.3 is 20.9 Å². The van der Waals surface area contributed by atoms with E-state index >= 15 is 0 Å².